The quantitative estimate of drug-likeness (QED) is 0.651. The SMILES string of the molecule is CC(Cn1cc([N+](=O)[O-])cn1)NC(=O)OCc1ccccc1. The Morgan fingerprint density at radius 2 is 2.18 bits per heavy atom. The van der Waals surface area contributed by atoms with Gasteiger partial charge < -0.3 is 10.1 Å². The van der Waals surface area contributed by atoms with E-state index in [4.69, 9.17) is 4.74 Å². The number of hydrogen-bond acceptors (Lipinski definition) is 5. The number of nitrogens with one attached hydrogen (secondary N) is 1. The minimum Gasteiger partial charge on any atom is -0.445 e. The number of carbonyl (C=O) groups excluding carboxylic acids is 1. The molecule has 1 atom stereocenters. The van der Waals surface area contributed by atoms with Crippen LogP contribution in [0.25, 0.3) is 0 Å². The highest BCUT2D eigenvalue weighted by atomic mass is 16.6. The van der Waals surface area contributed by atoms with Crippen LogP contribution in [0.3, 0.4) is 0 Å². The summed E-state index contributed by atoms with van der Waals surface area (Å²) in [6.07, 6.45) is 1.94. The second kappa shape index (κ2) is 7.21. The summed E-state index contributed by atoms with van der Waals surface area (Å²) >= 11 is 0. The second-order valence-corrected chi connectivity index (χ2v) is 4.78. The molecule has 1 heterocycles. The molecule has 1 N–H and O–H groups in total. The van der Waals surface area contributed by atoms with E-state index in [1.54, 1.807) is 6.92 Å². The van der Waals surface area contributed by atoms with E-state index in [2.05, 4.69) is 10.4 Å². The lowest BCUT2D eigenvalue weighted by Gasteiger charge is -2.13. The molecule has 0 aliphatic carbocycles. The summed E-state index contributed by atoms with van der Waals surface area (Å²) in [5.41, 5.74) is 0.812. The molecule has 116 valence electrons. The Bertz CT molecular complexity index is 641. The zero-order chi connectivity index (χ0) is 15.9. The number of aromatic nitrogens is 2. The van der Waals surface area contributed by atoms with Crippen LogP contribution in [0.4, 0.5) is 10.5 Å². The molecular weight excluding hydrogens is 288 g/mol. The van der Waals surface area contributed by atoms with Gasteiger partial charge in [-0.1, -0.05) is 30.3 Å². The summed E-state index contributed by atoms with van der Waals surface area (Å²) < 4.78 is 6.49. The van der Waals surface area contributed by atoms with Gasteiger partial charge in [0.15, 0.2) is 0 Å². The summed E-state index contributed by atoms with van der Waals surface area (Å²) in [6, 6.07) is 9.06. The van der Waals surface area contributed by atoms with Crippen LogP contribution in [0.1, 0.15) is 12.5 Å². The van der Waals surface area contributed by atoms with E-state index < -0.39 is 11.0 Å². The molecule has 2 aromatic rings. The normalized spacial score (nSPS) is 11.7. The first kappa shape index (κ1) is 15.5. The molecule has 0 bridgehead atoms. The fraction of sp³-hybridized carbons (Fsp3) is 0.286. The van der Waals surface area contributed by atoms with Gasteiger partial charge in [-0.3, -0.25) is 14.8 Å². The molecule has 1 aromatic carbocycles. The third-order valence-electron chi connectivity index (χ3n) is 2.87. The van der Waals surface area contributed by atoms with E-state index >= 15 is 0 Å². The lowest BCUT2D eigenvalue weighted by molar-refractivity contribution is -0.385. The van der Waals surface area contributed by atoms with Gasteiger partial charge in [0, 0.05) is 6.04 Å². The third kappa shape index (κ3) is 4.58. The average Bonchev–Trinajstić information content (AvgIpc) is 2.95. The third-order valence-corrected chi connectivity index (χ3v) is 2.87. The Labute approximate surface area is 126 Å². The van der Waals surface area contributed by atoms with Crippen LogP contribution in [0, 0.1) is 10.1 Å². The minimum atomic E-state index is -0.544. The number of alkyl carbamates (subject to hydrolysis) is 1. The molecule has 8 nitrogen and oxygen atoms in total. The van der Waals surface area contributed by atoms with Crippen LogP contribution in [-0.2, 0) is 17.9 Å². The number of hydrogen-bond donors (Lipinski definition) is 1. The lowest BCUT2D eigenvalue weighted by atomic mass is 10.2. The highest BCUT2D eigenvalue weighted by molar-refractivity contribution is 5.67. The van der Waals surface area contributed by atoms with Crippen molar-refractivity contribution in [2.75, 3.05) is 0 Å². The summed E-state index contributed by atoms with van der Waals surface area (Å²) in [6.45, 7) is 2.26. The largest absolute Gasteiger partial charge is 0.445 e. The number of amides is 1. The van der Waals surface area contributed by atoms with E-state index in [0.29, 0.717) is 6.54 Å². The van der Waals surface area contributed by atoms with Crippen LogP contribution in [0.2, 0.25) is 0 Å². The van der Waals surface area contributed by atoms with Crippen molar-refractivity contribution in [2.45, 2.75) is 26.1 Å². The molecular formula is C14H16N4O4. The standard InChI is InChI=1S/C14H16N4O4/c1-11(8-17-9-13(7-15-17)18(20)21)16-14(19)22-10-12-5-3-2-4-6-12/h2-7,9,11H,8,10H2,1H3,(H,16,19). The zero-order valence-corrected chi connectivity index (χ0v) is 12.0. The molecule has 0 aliphatic rings. The summed E-state index contributed by atoms with van der Waals surface area (Å²) in [5, 5.41) is 17.1. The molecule has 0 spiro atoms. The van der Waals surface area contributed by atoms with E-state index in [1.807, 2.05) is 30.3 Å². The number of ether oxygens (including phenoxy) is 1. The monoisotopic (exact) mass is 304 g/mol. The number of rotatable bonds is 6. The van der Waals surface area contributed by atoms with Crippen LogP contribution in [0.15, 0.2) is 42.7 Å². The van der Waals surface area contributed by atoms with Crippen LogP contribution < -0.4 is 5.32 Å². The van der Waals surface area contributed by atoms with Crippen LogP contribution >= 0.6 is 0 Å². The molecule has 0 saturated carbocycles. The molecule has 0 fully saturated rings. The van der Waals surface area contributed by atoms with Gasteiger partial charge in [0.1, 0.15) is 19.0 Å². The maximum Gasteiger partial charge on any atom is 0.407 e. The van der Waals surface area contributed by atoms with Gasteiger partial charge in [-0.25, -0.2) is 4.79 Å². The number of carbonyl (C=O) groups is 1. The molecule has 0 radical (unpaired) electrons. The maximum atomic E-state index is 11.7. The summed E-state index contributed by atoms with van der Waals surface area (Å²) in [4.78, 5) is 21.7. The van der Waals surface area contributed by atoms with Gasteiger partial charge in [-0.05, 0) is 12.5 Å². The highest BCUT2D eigenvalue weighted by Crippen LogP contribution is 2.08. The first-order valence-electron chi connectivity index (χ1n) is 6.68. The zero-order valence-electron chi connectivity index (χ0n) is 12.0. The van der Waals surface area contributed by atoms with Crippen LogP contribution in [-0.4, -0.2) is 26.8 Å². The Hall–Kier alpha value is -2.90. The Balaban J connectivity index is 1.77. The van der Waals surface area contributed by atoms with Gasteiger partial charge in [-0.15, -0.1) is 0 Å². The van der Waals surface area contributed by atoms with Gasteiger partial charge in [0.2, 0.25) is 0 Å². The van der Waals surface area contributed by atoms with Crippen molar-refractivity contribution >= 4 is 11.8 Å². The smallest absolute Gasteiger partial charge is 0.407 e. The number of nitro groups is 1. The Kier molecular flexibility index (Phi) is 5.07. The molecule has 0 saturated heterocycles. The fourth-order valence-electron chi connectivity index (χ4n) is 1.84. The maximum absolute atomic E-state index is 11.7. The minimum absolute atomic E-state index is 0.0844. The predicted molar refractivity (Wildman–Crippen MR) is 78.1 cm³/mol. The van der Waals surface area contributed by atoms with Gasteiger partial charge in [0.25, 0.3) is 0 Å². The fourth-order valence-corrected chi connectivity index (χ4v) is 1.84. The summed E-state index contributed by atoms with van der Waals surface area (Å²) in [5.74, 6) is 0. The average molecular weight is 304 g/mol. The van der Waals surface area contributed by atoms with Crippen molar-refractivity contribution in [3.05, 3.63) is 58.4 Å². The lowest BCUT2D eigenvalue weighted by Crippen LogP contribution is -2.36. The van der Waals surface area contributed by atoms with Crippen molar-refractivity contribution in [1.29, 1.82) is 0 Å². The Morgan fingerprint density at radius 3 is 2.82 bits per heavy atom. The van der Waals surface area contributed by atoms with E-state index in [0.717, 1.165) is 5.56 Å². The van der Waals surface area contributed by atoms with Gasteiger partial charge in [-0.2, -0.15) is 5.10 Å². The van der Waals surface area contributed by atoms with Gasteiger partial charge in [0.05, 0.1) is 11.5 Å². The van der Waals surface area contributed by atoms with E-state index in [-0.39, 0.29) is 18.3 Å². The number of benzene rings is 1. The molecule has 22 heavy (non-hydrogen) atoms. The van der Waals surface area contributed by atoms with E-state index in [1.165, 1.54) is 17.1 Å². The molecule has 1 amide bonds. The van der Waals surface area contributed by atoms with Crippen LogP contribution in [0.5, 0.6) is 0 Å². The highest BCUT2D eigenvalue weighted by Gasteiger charge is 2.13. The van der Waals surface area contributed by atoms with Crippen molar-refractivity contribution in [3.8, 4) is 0 Å². The van der Waals surface area contributed by atoms with Gasteiger partial charge >= 0.3 is 11.8 Å². The Morgan fingerprint density at radius 1 is 1.45 bits per heavy atom. The second-order valence-electron chi connectivity index (χ2n) is 4.78. The topological polar surface area (TPSA) is 99.3 Å². The first-order chi connectivity index (χ1) is 10.5. The predicted octanol–water partition coefficient (Wildman–Crippen LogP) is 2.11. The first-order valence-corrected chi connectivity index (χ1v) is 6.68. The molecule has 2 rings (SSSR count). The van der Waals surface area contributed by atoms with Crippen molar-refractivity contribution in [3.63, 3.8) is 0 Å². The van der Waals surface area contributed by atoms with Crippen molar-refractivity contribution in [1.82, 2.24) is 15.1 Å². The molecule has 8 heteroatoms. The molecule has 1 aromatic heterocycles. The van der Waals surface area contributed by atoms with Crippen molar-refractivity contribution < 1.29 is 14.5 Å². The summed E-state index contributed by atoms with van der Waals surface area (Å²) in [7, 11) is 0. The molecule has 1 unspecified atom stereocenters. The van der Waals surface area contributed by atoms with Crippen molar-refractivity contribution in [2.24, 2.45) is 0 Å². The number of nitrogens with zero attached hydrogens (tertiary/aromatic N) is 3. The van der Waals surface area contributed by atoms with E-state index in [9.17, 15) is 14.9 Å². The molecule has 0 aliphatic heterocycles.